The third kappa shape index (κ3) is 4.03. The highest BCUT2D eigenvalue weighted by molar-refractivity contribution is 7.90. The maximum absolute atomic E-state index is 13.7. The number of methoxy groups -OCH3 is 1. The number of fused-ring (bicyclic) bond motifs is 2. The molecule has 0 aliphatic carbocycles. The lowest BCUT2D eigenvalue weighted by atomic mass is 10.0. The molecule has 7 heteroatoms. The van der Waals surface area contributed by atoms with Gasteiger partial charge in [-0.3, -0.25) is 0 Å². The number of esters is 1. The van der Waals surface area contributed by atoms with E-state index >= 15 is 0 Å². The van der Waals surface area contributed by atoms with E-state index in [2.05, 4.69) is 9.46 Å². The number of sulfonamides is 1. The van der Waals surface area contributed by atoms with Gasteiger partial charge in [0.15, 0.2) is 6.10 Å². The van der Waals surface area contributed by atoms with Crippen LogP contribution in [0.15, 0.2) is 89.8 Å². The van der Waals surface area contributed by atoms with Crippen LogP contribution in [0.2, 0.25) is 0 Å². The highest BCUT2D eigenvalue weighted by Gasteiger charge is 2.33. The number of aliphatic hydroxyl groups is 1. The quantitative estimate of drug-likeness (QED) is 0.357. The molecule has 0 radical (unpaired) electrons. The molecule has 0 bridgehead atoms. The van der Waals surface area contributed by atoms with Crippen LogP contribution >= 0.6 is 0 Å². The van der Waals surface area contributed by atoms with E-state index in [0.717, 1.165) is 17.9 Å². The highest BCUT2D eigenvalue weighted by atomic mass is 32.2. The van der Waals surface area contributed by atoms with Gasteiger partial charge < -0.3 is 9.84 Å². The van der Waals surface area contributed by atoms with Crippen LogP contribution in [-0.4, -0.2) is 32.7 Å². The number of aliphatic hydroxyl groups excluding tert-OH is 1. The molecular formula is C24H21NO5S. The largest absolute Gasteiger partial charge is 0.467 e. The van der Waals surface area contributed by atoms with Crippen LogP contribution in [0.25, 0.3) is 21.5 Å². The Morgan fingerprint density at radius 3 is 1.94 bits per heavy atom. The van der Waals surface area contributed by atoms with Gasteiger partial charge in [-0.2, -0.15) is 0 Å². The SMILES string of the molecule is COC(=O)C(O)[C@@H](NS(=O)(=O)c1c2ccccc2cc2ccccc12)c1ccccc1. The lowest BCUT2D eigenvalue weighted by molar-refractivity contribution is -0.151. The van der Waals surface area contributed by atoms with E-state index in [1.54, 1.807) is 54.6 Å². The van der Waals surface area contributed by atoms with Crippen LogP contribution in [0.1, 0.15) is 11.6 Å². The van der Waals surface area contributed by atoms with E-state index in [1.165, 1.54) is 0 Å². The summed E-state index contributed by atoms with van der Waals surface area (Å²) in [5, 5.41) is 13.2. The van der Waals surface area contributed by atoms with Crippen LogP contribution < -0.4 is 4.72 Å². The Kier molecular flexibility index (Phi) is 5.73. The minimum absolute atomic E-state index is 0.0965. The van der Waals surface area contributed by atoms with Crippen molar-refractivity contribution in [3.05, 3.63) is 90.5 Å². The summed E-state index contributed by atoms with van der Waals surface area (Å²) in [5.41, 5.74) is 0.438. The van der Waals surface area contributed by atoms with Gasteiger partial charge in [0.25, 0.3) is 0 Å². The molecule has 158 valence electrons. The molecule has 0 saturated carbocycles. The van der Waals surface area contributed by atoms with Crippen molar-refractivity contribution in [1.82, 2.24) is 4.72 Å². The number of benzene rings is 4. The predicted molar refractivity (Wildman–Crippen MR) is 119 cm³/mol. The van der Waals surface area contributed by atoms with E-state index in [1.807, 2.05) is 30.3 Å². The molecule has 0 saturated heterocycles. The number of nitrogens with one attached hydrogen (secondary N) is 1. The van der Waals surface area contributed by atoms with Gasteiger partial charge >= 0.3 is 5.97 Å². The van der Waals surface area contributed by atoms with E-state index in [9.17, 15) is 18.3 Å². The second-order valence-corrected chi connectivity index (χ2v) is 8.78. The summed E-state index contributed by atoms with van der Waals surface area (Å²) in [6.07, 6.45) is -1.72. The number of rotatable bonds is 6. The summed E-state index contributed by atoms with van der Waals surface area (Å²) in [7, 11) is -3.03. The Morgan fingerprint density at radius 1 is 0.871 bits per heavy atom. The summed E-state index contributed by atoms with van der Waals surface area (Å²) < 4.78 is 34.6. The lowest BCUT2D eigenvalue weighted by Gasteiger charge is -2.24. The predicted octanol–water partition coefficient (Wildman–Crippen LogP) is 3.55. The third-order valence-corrected chi connectivity index (χ3v) is 6.73. The average Bonchev–Trinajstić information content (AvgIpc) is 2.80. The van der Waals surface area contributed by atoms with Gasteiger partial charge in [-0.05, 0) is 22.4 Å². The fourth-order valence-electron chi connectivity index (χ4n) is 3.72. The Labute approximate surface area is 180 Å². The molecule has 4 aromatic rings. The molecule has 2 N–H and O–H groups in total. The fraction of sp³-hybridized carbons (Fsp3) is 0.125. The molecule has 0 aliphatic rings. The zero-order valence-corrected chi connectivity index (χ0v) is 17.5. The zero-order chi connectivity index (χ0) is 22.0. The van der Waals surface area contributed by atoms with E-state index in [-0.39, 0.29) is 4.90 Å². The summed E-state index contributed by atoms with van der Waals surface area (Å²) in [6, 6.07) is 23.6. The molecular weight excluding hydrogens is 414 g/mol. The van der Waals surface area contributed by atoms with Crippen LogP contribution in [0, 0.1) is 0 Å². The second-order valence-electron chi connectivity index (χ2n) is 7.13. The monoisotopic (exact) mass is 435 g/mol. The molecule has 31 heavy (non-hydrogen) atoms. The van der Waals surface area contributed by atoms with Crippen molar-refractivity contribution < 1.29 is 23.1 Å². The first-order valence-electron chi connectivity index (χ1n) is 9.66. The van der Waals surface area contributed by atoms with Crippen molar-refractivity contribution in [1.29, 1.82) is 0 Å². The first kappa shape index (κ1) is 21.0. The van der Waals surface area contributed by atoms with Gasteiger partial charge in [0.2, 0.25) is 10.0 Å². The van der Waals surface area contributed by atoms with Gasteiger partial charge in [0.05, 0.1) is 18.0 Å². The molecule has 0 fully saturated rings. The number of ether oxygens (including phenoxy) is 1. The van der Waals surface area contributed by atoms with Crippen molar-refractivity contribution in [2.45, 2.75) is 17.0 Å². The number of hydrogen-bond acceptors (Lipinski definition) is 5. The van der Waals surface area contributed by atoms with Gasteiger partial charge in [-0.25, -0.2) is 17.9 Å². The van der Waals surface area contributed by atoms with Gasteiger partial charge in [-0.15, -0.1) is 0 Å². The zero-order valence-electron chi connectivity index (χ0n) is 16.7. The van der Waals surface area contributed by atoms with Crippen molar-refractivity contribution >= 4 is 37.5 Å². The molecule has 0 aromatic heterocycles. The van der Waals surface area contributed by atoms with E-state index < -0.39 is 28.1 Å². The highest BCUT2D eigenvalue weighted by Crippen LogP contribution is 2.33. The molecule has 4 rings (SSSR count). The maximum Gasteiger partial charge on any atom is 0.336 e. The van der Waals surface area contributed by atoms with Crippen LogP contribution in [0.5, 0.6) is 0 Å². The number of hydrogen-bond donors (Lipinski definition) is 2. The van der Waals surface area contributed by atoms with Crippen molar-refractivity contribution in [2.24, 2.45) is 0 Å². The van der Waals surface area contributed by atoms with Crippen molar-refractivity contribution in [2.75, 3.05) is 7.11 Å². The summed E-state index contributed by atoms with van der Waals surface area (Å²) >= 11 is 0. The molecule has 2 atom stereocenters. The Bertz CT molecular complexity index is 1300. The van der Waals surface area contributed by atoms with Crippen LogP contribution in [-0.2, 0) is 19.6 Å². The average molecular weight is 436 g/mol. The second kappa shape index (κ2) is 8.47. The minimum atomic E-state index is -4.17. The van der Waals surface area contributed by atoms with Gasteiger partial charge in [-0.1, -0.05) is 78.9 Å². The molecule has 0 amide bonds. The normalized spacial score (nSPS) is 13.7. The van der Waals surface area contributed by atoms with E-state index in [4.69, 9.17) is 0 Å². The smallest absolute Gasteiger partial charge is 0.336 e. The molecule has 0 heterocycles. The van der Waals surface area contributed by atoms with Gasteiger partial charge in [0.1, 0.15) is 0 Å². The van der Waals surface area contributed by atoms with Crippen LogP contribution in [0.4, 0.5) is 0 Å². The van der Waals surface area contributed by atoms with Gasteiger partial charge in [0, 0.05) is 10.8 Å². The molecule has 4 aromatic carbocycles. The first-order chi connectivity index (χ1) is 14.9. The van der Waals surface area contributed by atoms with Crippen molar-refractivity contribution in [3.8, 4) is 0 Å². The maximum atomic E-state index is 13.7. The topological polar surface area (TPSA) is 92.7 Å². The minimum Gasteiger partial charge on any atom is -0.467 e. The standard InChI is InChI=1S/C24H21NO5S/c1-30-24(27)22(26)21(16-9-3-2-4-10-16)25-31(28,29)23-19-13-7-5-11-17(19)15-18-12-6-8-14-20(18)23/h2-15,21-22,25-26H,1H3/t21-,22?/m0/s1. The molecule has 1 unspecified atom stereocenters. The van der Waals surface area contributed by atoms with Crippen molar-refractivity contribution in [3.63, 3.8) is 0 Å². The molecule has 0 spiro atoms. The third-order valence-electron chi connectivity index (χ3n) is 5.19. The summed E-state index contributed by atoms with van der Waals surface area (Å²) in [6.45, 7) is 0. The Morgan fingerprint density at radius 2 is 1.39 bits per heavy atom. The summed E-state index contributed by atoms with van der Waals surface area (Å²) in [5.74, 6) is -0.931. The molecule has 6 nitrogen and oxygen atoms in total. The Hall–Kier alpha value is -3.26. The number of carbonyl (C=O) groups is 1. The molecule has 0 aliphatic heterocycles. The van der Waals surface area contributed by atoms with E-state index in [0.29, 0.717) is 16.3 Å². The summed E-state index contributed by atoms with van der Waals surface area (Å²) in [4.78, 5) is 12.2. The first-order valence-corrected chi connectivity index (χ1v) is 11.1. The Balaban J connectivity index is 1.91. The number of carbonyl (C=O) groups excluding carboxylic acids is 1. The fourth-order valence-corrected chi connectivity index (χ4v) is 5.39. The lowest BCUT2D eigenvalue weighted by Crippen LogP contribution is -2.41. The van der Waals surface area contributed by atoms with Crippen LogP contribution in [0.3, 0.4) is 0 Å².